The first-order chi connectivity index (χ1) is 11.6. The standard InChI is InChI=1S/C20H24N2O2/c1-14-3-4-15(2)19(9-14)24-8-7-20(23)22-11-16-5-6-17-12-21-13-18(17)10-16/h3-6,9-10,21H,7-8,11-13H2,1-2H3,(H,22,23). The van der Waals surface area contributed by atoms with Crippen LogP contribution in [0.25, 0.3) is 0 Å². The van der Waals surface area contributed by atoms with Crippen LogP contribution in [0.4, 0.5) is 0 Å². The largest absolute Gasteiger partial charge is 0.493 e. The van der Waals surface area contributed by atoms with Gasteiger partial charge in [0.05, 0.1) is 13.0 Å². The summed E-state index contributed by atoms with van der Waals surface area (Å²) in [6.45, 7) is 6.86. The Morgan fingerprint density at radius 2 is 1.96 bits per heavy atom. The zero-order valence-electron chi connectivity index (χ0n) is 14.3. The molecule has 126 valence electrons. The number of carbonyl (C=O) groups is 1. The van der Waals surface area contributed by atoms with Gasteiger partial charge in [0.25, 0.3) is 0 Å². The van der Waals surface area contributed by atoms with E-state index < -0.39 is 0 Å². The smallest absolute Gasteiger partial charge is 0.223 e. The van der Waals surface area contributed by atoms with E-state index in [9.17, 15) is 4.79 Å². The van der Waals surface area contributed by atoms with Crippen LogP contribution in [0.3, 0.4) is 0 Å². The number of hydrogen-bond donors (Lipinski definition) is 2. The molecule has 24 heavy (non-hydrogen) atoms. The summed E-state index contributed by atoms with van der Waals surface area (Å²) in [6, 6.07) is 12.5. The molecule has 2 aromatic carbocycles. The molecule has 1 aliphatic rings. The third-order valence-corrected chi connectivity index (χ3v) is 4.32. The summed E-state index contributed by atoms with van der Waals surface area (Å²) in [6.07, 6.45) is 0.361. The normalized spacial score (nSPS) is 12.8. The molecule has 0 aliphatic carbocycles. The van der Waals surface area contributed by atoms with Crippen LogP contribution >= 0.6 is 0 Å². The van der Waals surface area contributed by atoms with Crippen molar-refractivity contribution in [1.82, 2.24) is 10.6 Å². The van der Waals surface area contributed by atoms with Crippen molar-refractivity contribution in [1.29, 1.82) is 0 Å². The van der Waals surface area contributed by atoms with Crippen LogP contribution in [0, 0.1) is 13.8 Å². The van der Waals surface area contributed by atoms with Crippen molar-refractivity contribution in [3.05, 3.63) is 64.2 Å². The van der Waals surface area contributed by atoms with Gasteiger partial charge in [-0.05, 0) is 47.7 Å². The van der Waals surface area contributed by atoms with Gasteiger partial charge in [-0.2, -0.15) is 0 Å². The highest BCUT2D eigenvalue weighted by atomic mass is 16.5. The predicted molar refractivity (Wildman–Crippen MR) is 94.9 cm³/mol. The predicted octanol–water partition coefficient (Wildman–Crippen LogP) is 2.99. The molecule has 0 atom stereocenters. The number of nitrogens with one attached hydrogen (secondary N) is 2. The second kappa shape index (κ2) is 7.49. The maximum absolute atomic E-state index is 12.0. The Bertz CT molecular complexity index is 740. The zero-order valence-corrected chi connectivity index (χ0v) is 14.3. The monoisotopic (exact) mass is 324 g/mol. The number of hydrogen-bond acceptors (Lipinski definition) is 3. The van der Waals surface area contributed by atoms with E-state index in [-0.39, 0.29) is 5.91 Å². The summed E-state index contributed by atoms with van der Waals surface area (Å²) in [5.74, 6) is 0.868. The van der Waals surface area contributed by atoms with E-state index in [1.165, 1.54) is 11.1 Å². The Morgan fingerprint density at radius 1 is 1.12 bits per heavy atom. The van der Waals surface area contributed by atoms with E-state index in [1.54, 1.807) is 0 Å². The van der Waals surface area contributed by atoms with Gasteiger partial charge in [-0.3, -0.25) is 4.79 Å². The van der Waals surface area contributed by atoms with Crippen LogP contribution in [-0.2, 0) is 24.4 Å². The quantitative estimate of drug-likeness (QED) is 0.859. The molecule has 2 aromatic rings. The minimum atomic E-state index is 0.0129. The summed E-state index contributed by atoms with van der Waals surface area (Å²) >= 11 is 0. The van der Waals surface area contributed by atoms with Crippen LogP contribution in [0.2, 0.25) is 0 Å². The summed E-state index contributed by atoms with van der Waals surface area (Å²) in [4.78, 5) is 12.0. The maximum Gasteiger partial charge on any atom is 0.223 e. The average Bonchev–Trinajstić information content (AvgIpc) is 3.04. The summed E-state index contributed by atoms with van der Waals surface area (Å²) in [7, 11) is 0. The van der Waals surface area contributed by atoms with Gasteiger partial charge in [-0.1, -0.05) is 30.3 Å². The van der Waals surface area contributed by atoms with Crippen molar-refractivity contribution in [3.8, 4) is 5.75 Å². The van der Waals surface area contributed by atoms with Crippen molar-refractivity contribution in [2.24, 2.45) is 0 Å². The maximum atomic E-state index is 12.0. The SMILES string of the molecule is Cc1ccc(C)c(OCCC(=O)NCc2ccc3c(c2)CNC3)c1. The molecular formula is C20H24N2O2. The fourth-order valence-electron chi connectivity index (χ4n) is 2.86. The lowest BCUT2D eigenvalue weighted by molar-refractivity contribution is -0.121. The van der Waals surface area contributed by atoms with Crippen LogP contribution in [0.15, 0.2) is 36.4 Å². The summed E-state index contributed by atoms with van der Waals surface area (Å²) in [5, 5.41) is 6.29. The highest BCUT2D eigenvalue weighted by molar-refractivity contribution is 5.76. The molecule has 0 bridgehead atoms. The number of benzene rings is 2. The van der Waals surface area contributed by atoms with Gasteiger partial charge in [-0.25, -0.2) is 0 Å². The fraction of sp³-hybridized carbons (Fsp3) is 0.350. The highest BCUT2D eigenvalue weighted by Crippen LogP contribution is 2.19. The molecule has 0 saturated heterocycles. The molecule has 0 aromatic heterocycles. The minimum Gasteiger partial charge on any atom is -0.493 e. The molecule has 1 heterocycles. The molecule has 2 N–H and O–H groups in total. The van der Waals surface area contributed by atoms with Gasteiger partial charge in [0.2, 0.25) is 5.91 Å². The number of ether oxygens (including phenoxy) is 1. The van der Waals surface area contributed by atoms with Crippen LogP contribution < -0.4 is 15.4 Å². The van der Waals surface area contributed by atoms with E-state index in [0.717, 1.165) is 35.5 Å². The summed E-state index contributed by atoms with van der Waals surface area (Å²) < 4.78 is 5.73. The van der Waals surface area contributed by atoms with E-state index >= 15 is 0 Å². The van der Waals surface area contributed by atoms with Crippen LogP contribution in [0.5, 0.6) is 5.75 Å². The molecule has 4 heteroatoms. The molecule has 0 spiro atoms. The highest BCUT2D eigenvalue weighted by Gasteiger charge is 2.10. The lowest BCUT2D eigenvalue weighted by Gasteiger charge is -2.10. The Kier molecular flexibility index (Phi) is 5.16. The Labute approximate surface area is 143 Å². The first-order valence-corrected chi connectivity index (χ1v) is 8.40. The van der Waals surface area contributed by atoms with Crippen LogP contribution in [0.1, 0.15) is 34.2 Å². The van der Waals surface area contributed by atoms with Crippen molar-refractivity contribution < 1.29 is 9.53 Å². The molecule has 0 fully saturated rings. The Balaban J connectivity index is 1.43. The van der Waals surface area contributed by atoms with Gasteiger partial charge >= 0.3 is 0 Å². The second-order valence-corrected chi connectivity index (χ2v) is 6.35. The molecule has 1 amide bonds. The first-order valence-electron chi connectivity index (χ1n) is 8.40. The van der Waals surface area contributed by atoms with Crippen molar-refractivity contribution in [2.75, 3.05) is 6.61 Å². The van der Waals surface area contributed by atoms with Crippen molar-refractivity contribution in [2.45, 2.75) is 39.9 Å². The number of fused-ring (bicyclic) bond motifs is 1. The van der Waals surface area contributed by atoms with Gasteiger partial charge in [0.15, 0.2) is 0 Å². The first kappa shape index (κ1) is 16.5. The van der Waals surface area contributed by atoms with E-state index in [0.29, 0.717) is 19.6 Å². The van der Waals surface area contributed by atoms with Crippen LogP contribution in [-0.4, -0.2) is 12.5 Å². The molecule has 3 rings (SSSR count). The number of aryl methyl sites for hydroxylation is 2. The number of amides is 1. The second-order valence-electron chi connectivity index (χ2n) is 6.35. The minimum absolute atomic E-state index is 0.0129. The fourth-order valence-corrected chi connectivity index (χ4v) is 2.86. The van der Waals surface area contributed by atoms with Crippen molar-refractivity contribution in [3.63, 3.8) is 0 Å². The molecule has 0 saturated carbocycles. The zero-order chi connectivity index (χ0) is 16.9. The van der Waals surface area contributed by atoms with Gasteiger partial charge in [0.1, 0.15) is 5.75 Å². The lowest BCUT2D eigenvalue weighted by atomic mass is 10.1. The molecular weight excluding hydrogens is 300 g/mol. The number of carbonyl (C=O) groups excluding carboxylic acids is 1. The van der Waals surface area contributed by atoms with E-state index in [1.807, 2.05) is 26.0 Å². The average molecular weight is 324 g/mol. The van der Waals surface area contributed by atoms with Gasteiger partial charge < -0.3 is 15.4 Å². The lowest BCUT2D eigenvalue weighted by Crippen LogP contribution is -2.24. The van der Waals surface area contributed by atoms with Gasteiger partial charge in [0, 0.05) is 19.6 Å². The Hall–Kier alpha value is -2.33. The number of rotatable bonds is 6. The van der Waals surface area contributed by atoms with E-state index in [4.69, 9.17) is 4.74 Å². The molecule has 1 aliphatic heterocycles. The van der Waals surface area contributed by atoms with Gasteiger partial charge in [-0.15, -0.1) is 0 Å². The molecule has 0 unspecified atom stereocenters. The molecule has 4 nitrogen and oxygen atoms in total. The third-order valence-electron chi connectivity index (χ3n) is 4.32. The third kappa shape index (κ3) is 4.15. The Morgan fingerprint density at radius 3 is 2.83 bits per heavy atom. The summed E-state index contributed by atoms with van der Waals surface area (Å²) in [5.41, 5.74) is 6.08. The van der Waals surface area contributed by atoms with Crippen molar-refractivity contribution >= 4 is 5.91 Å². The topological polar surface area (TPSA) is 50.4 Å². The molecule has 0 radical (unpaired) electrons. The van der Waals surface area contributed by atoms with E-state index in [2.05, 4.69) is 34.9 Å².